The SMILES string of the molecule is CC(=O)OOC(C)=O.Cc1ccc2cc(-c3cnc([C@@H](N)CCCCCC(=O)c4ncco4)[nH]3)ccc2n1.Cc1ccc2cc(-c3cnc([C@H](CCCCCC(=O)c4ncco4)NCc4ccccc4)[nH]3)ccc2n1.O=Cc1ccccc1.[B-]OC(C)=O.[Na+]. The van der Waals surface area contributed by atoms with Crippen LogP contribution in [0.25, 0.3) is 44.3 Å². The van der Waals surface area contributed by atoms with E-state index in [2.05, 4.69) is 123 Å². The zero-order chi connectivity index (χ0) is 63.0. The van der Waals surface area contributed by atoms with Crippen molar-refractivity contribution in [3.63, 3.8) is 0 Å². The Bertz CT molecular complexity index is 3760. The molecule has 10 aromatic rings. The van der Waals surface area contributed by atoms with E-state index < -0.39 is 17.9 Å². The molecule has 6 aromatic heterocycles. The van der Waals surface area contributed by atoms with Crippen LogP contribution in [0.15, 0.2) is 167 Å². The molecule has 0 saturated heterocycles. The molecule has 0 amide bonds. The zero-order valence-electron chi connectivity index (χ0n) is 50.9. The van der Waals surface area contributed by atoms with Crippen LogP contribution in [-0.4, -0.2) is 83.7 Å². The van der Waals surface area contributed by atoms with Crippen LogP contribution in [-0.2, 0) is 35.4 Å². The van der Waals surface area contributed by atoms with Crippen LogP contribution in [0.3, 0.4) is 0 Å². The van der Waals surface area contributed by atoms with E-state index >= 15 is 0 Å². The van der Waals surface area contributed by atoms with Crippen molar-refractivity contribution in [2.24, 2.45) is 5.73 Å². The quantitative estimate of drug-likeness (QED) is 0.0123. The molecule has 455 valence electrons. The van der Waals surface area contributed by atoms with Crippen LogP contribution in [0.2, 0.25) is 0 Å². The third-order valence-corrected chi connectivity index (χ3v) is 13.1. The van der Waals surface area contributed by atoms with Crippen molar-refractivity contribution in [3.8, 4) is 22.5 Å². The summed E-state index contributed by atoms with van der Waals surface area (Å²) in [6, 6.07) is 40.1. The molecule has 23 heteroatoms. The van der Waals surface area contributed by atoms with Gasteiger partial charge in [0.15, 0.2) is 0 Å². The average Bonchev–Trinajstić information content (AvgIpc) is 3.61. The summed E-state index contributed by atoms with van der Waals surface area (Å²) in [7, 11) is 4.32. The van der Waals surface area contributed by atoms with Crippen molar-refractivity contribution in [1.29, 1.82) is 0 Å². The van der Waals surface area contributed by atoms with Crippen molar-refractivity contribution in [2.45, 2.75) is 117 Å². The fourth-order valence-corrected chi connectivity index (χ4v) is 8.65. The summed E-state index contributed by atoms with van der Waals surface area (Å²) in [5.74, 6) is 0.248. The van der Waals surface area contributed by atoms with Crippen LogP contribution in [0.5, 0.6) is 0 Å². The molecular formula is C66H71BN10NaO11. The molecule has 10 rings (SSSR count). The first kappa shape index (κ1) is 70.7. The summed E-state index contributed by atoms with van der Waals surface area (Å²) in [5, 5.41) is 5.88. The third kappa shape index (κ3) is 24.9. The smallest absolute Gasteiger partial charge is 0.793 e. The van der Waals surface area contributed by atoms with Crippen LogP contribution in [0.4, 0.5) is 0 Å². The number of H-pyrrole nitrogens is 2. The van der Waals surface area contributed by atoms with Gasteiger partial charge in [0.25, 0.3) is 11.8 Å². The summed E-state index contributed by atoms with van der Waals surface area (Å²) in [4.78, 5) is 104. The summed E-state index contributed by atoms with van der Waals surface area (Å²) in [6.45, 7) is 8.27. The van der Waals surface area contributed by atoms with E-state index in [1.807, 2.05) is 74.8 Å². The zero-order valence-corrected chi connectivity index (χ0v) is 52.9. The Kier molecular flexibility index (Phi) is 30.4. The molecule has 0 aliphatic rings. The molecule has 4 aromatic carbocycles. The number of ketones is 2. The molecule has 21 nitrogen and oxygen atoms in total. The Hall–Kier alpha value is -9.06. The third-order valence-electron chi connectivity index (χ3n) is 13.1. The molecule has 2 atom stereocenters. The van der Waals surface area contributed by atoms with Gasteiger partial charge >= 0.3 is 41.5 Å². The number of pyridine rings is 2. The summed E-state index contributed by atoms with van der Waals surface area (Å²) in [6.07, 6.45) is 18.4. The van der Waals surface area contributed by atoms with Gasteiger partial charge in [-0.15, -0.1) is 0 Å². The minimum atomic E-state index is -0.639. The fraction of sp³-hybridized carbons (Fsp3) is 0.273. The van der Waals surface area contributed by atoms with Gasteiger partial charge in [-0.25, -0.2) is 39.3 Å². The minimum Gasteiger partial charge on any atom is -0.793 e. The number of unbranched alkanes of at least 4 members (excludes halogenated alkanes) is 4. The number of carbonyl (C=O) groups excluding carboxylic acids is 6. The maximum atomic E-state index is 12.1. The van der Waals surface area contributed by atoms with Gasteiger partial charge in [0, 0.05) is 79.0 Å². The number of nitrogens with zero attached hydrogens (tertiary/aromatic N) is 6. The van der Waals surface area contributed by atoms with Gasteiger partial charge in [0.05, 0.1) is 59.3 Å². The first-order valence-electron chi connectivity index (χ1n) is 28.6. The molecule has 0 fully saturated rings. The van der Waals surface area contributed by atoms with Crippen molar-refractivity contribution in [1.82, 2.24) is 45.2 Å². The number of aryl methyl sites for hydroxylation is 2. The van der Waals surface area contributed by atoms with E-state index in [1.165, 1.54) is 37.4 Å². The number of Topliss-reactive ketones (excluding diaryl/α,β-unsaturated/α-hetero) is 2. The predicted octanol–water partition coefficient (Wildman–Crippen LogP) is 9.50. The Balaban J connectivity index is 0.000000245. The number of benzene rings is 4. The number of oxazole rings is 2. The van der Waals surface area contributed by atoms with E-state index in [9.17, 15) is 28.8 Å². The molecule has 0 saturated carbocycles. The van der Waals surface area contributed by atoms with Crippen molar-refractivity contribution in [2.75, 3.05) is 0 Å². The van der Waals surface area contributed by atoms with E-state index in [0.717, 1.165) is 151 Å². The van der Waals surface area contributed by atoms with E-state index in [1.54, 1.807) is 12.1 Å². The number of nitrogens with one attached hydrogen (secondary N) is 3. The normalized spacial score (nSPS) is 11.0. The number of rotatable bonds is 22. The molecule has 0 aliphatic carbocycles. The van der Waals surface area contributed by atoms with Gasteiger partial charge in [-0.3, -0.25) is 29.1 Å². The van der Waals surface area contributed by atoms with Gasteiger partial charge in [-0.05, 0) is 81.5 Å². The fourth-order valence-electron chi connectivity index (χ4n) is 8.65. The number of hydrogen-bond acceptors (Lipinski definition) is 19. The molecule has 6 heterocycles. The van der Waals surface area contributed by atoms with E-state index in [0.29, 0.717) is 12.8 Å². The Labute approximate surface area is 539 Å². The summed E-state index contributed by atoms with van der Waals surface area (Å²) in [5.41, 5.74) is 16.3. The van der Waals surface area contributed by atoms with E-state index in [4.69, 9.17) is 19.6 Å². The number of fused-ring (bicyclic) bond motifs is 2. The number of nitrogens with two attached hydrogens (primary N) is 1. The number of carbonyl (C=O) groups is 6. The van der Waals surface area contributed by atoms with Gasteiger partial charge in [0.2, 0.25) is 17.5 Å². The molecular weight excluding hydrogens is 1140 g/mol. The van der Waals surface area contributed by atoms with Gasteiger partial charge in [-0.1, -0.05) is 111 Å². The maximum Gasteiger partial charge on any atom is 1.00 e. The monoisotopic (exact) mass is 1210 g/mol. The predicted molar refractivity (Wildman–Crippen MR) is 332 cm³/mol. The largest absolute Gasteiger partial charge is 1.00 e. The summed E-state index contributed by atoms with van der Waals surface area (Å²) >= 11 is 0. The standard InChI is InChI=1S/C30H31N5O2.C23H25N5O2.C7H6O.C4H6O4.C2H3BO2.Na/c1-21-12-13-23-18-24(14-15-25(23)34-21)27-20-33-29(35-27)26(32-19-22-8-4-2-5-9-22)10-6-3-7-11-28(36)30-31-16-17-37-30;1-15-7-8-16-13-17(9-10-19(16)27-15)20-14-26-22(28-20)18(24)5-3-2-4-6-21(29)23-25-11-12-30-23;8-6-7-4-2-1-3-5-7;1-3(5)7-8-4(2)6;1-2(4)5-3;/h2,4-5,8-9,12-18,20,26,32H,3,6-7,10-11,19H2,1H3,(H,33,35);7-14,18H,2-6,24H2,1H3,(H,26,28);1-6H;1-2H3;1H3;/q;;;;-1;+1/t26-;18-;;;;/m00..../s1. The van der Waals surface area contributed by atoms with Crippen molar-refractivity contribution >= 4 is 65.6 Å². The topological polar surface area (TPSA) is 303 Å². The first-order chi connectivity index (χ1) is 42.6. The first-order valence-corrected chi connectivity index (χ1v) is 28.6. The van der Waals surface area contributed by atoms with Crippen LogP contribution >= 0.6 is 0 Å². The summed E-state index contributed by atoms with van der Waals surface area (Å²) < 4.78 is 13.7. The molecule has 0 spiro atoms. The van der Waals surface area contributed by atoms with Crippen molar-refractivity contribution in [3.05, 3.63) is 205 Å². The number of aldehydes is 1. The van der Waals surface area contributed by atoms with Crippen LogP contribution in [0.1, 0.15) is 157 Å². The Morgan fingerprint density at radius 1 is 0.596 bits per heavy atom. The van der Waals surface area contributed by atoms with Gasteiger partial charge in [-0.2, -0.15) is 0 Å². The molecule has 89 heavy (non-hydrogen) atoms. The van der Waals surface area contributed by atoms with Crippen LogP contribution < -0.4 is 40.6 Å². The number of hydrogen-bond donors (Lipinski definition) is 4. The van der Waals surface area contributed by atoms with E-state index in [-0.39, 0.29) is 65.0 Å². The Morgan fingerprint density at radius 3 is 1.52 bits per heavy atom. The Morgan fingerprint density at radius 2 is 1.07 bits per heavy atom. The number of aromatic amines is 2. The second kappa shape index (κ2) is 38.3. The van der Waals surface area contributed by atoms with Crippen LogP contribution in [0, 0.1) is 13.8 Å². The second-order valence-electron chi connectivity index (χ2n) is 20.1. The van der Waals surface area contributed by atoms with Crippen molar-refractivity contribution < 1.29 is 81.6 Å². The second-order valence-corrected chi connectivity index (χ2v) is 20.1. The number of imidazole rings is 2. The molecule has 3 radical (unpaired) electrons. The molecule has 0 aliphatic heterocycles. The number of aromatic nitrogens is 8. The minimum absolute atomic E-state index is 0. The van der Waals surface area contributed by atoms with Gasteiger partial charge in [0.1, 0.15) is 30.5 Å². The molecule has 0 bridgehead atoms. The molecule has 5 N–H and O–H groups in total. The van der Waals surface area contributed by atoms with Gasteiger partial charge < -0.3 is 42.6 Å². The molecule has 0 unspecified atom stereocenters. The maximum absolute atomic E-state index is 12.1. The average molecular weight is 1210 g/mol.